The van der Waals surface area contributed by atoms with Crippen LogP contribution in [0.5, 0.6) is 11.5 Å². The third kappa shape index (κ3) is 3.64. The summed E-state index contributed by atoms with van der Waals surface area (Å²) >= 11 is 1.30. The van der Waals surface area contributed by atoms with Gasteiger partial charge in [0.25, 0.3) is 0 Å². The Balaban J connectivity index is 2.10. The van der Waals surface area contributed by atoms with Crippen molar-refractivity contribution in [2.75, 3.05) is 32.4 Å². The molecule has 8 nitrogen and oxygen atoms in total. The molecule has 0 aliphatic carbocycles. The van der Waals surface area contributed by atoms with E-state index in [1.807, 2.05) is 6.07 Å². The summed E-state index contributed by atoms with van der Waals surface area (Å²) in [4.78, 5) is 22.4. The van der Waals surface area contributed by atoms with Crippen LogP contribution in [0.4, 0.5) is 10.8 Å². The molecular weight excluding hydrogens is 368 g/mol. The van der Waals surface area contributed by atoms with Gasteiger partial charge in [0, 0.05) is 28.4 Å². The monoisotopic (exact) mass is 388 g/mol. The van der Waals surface area contributed by atoms with Crippen LogP contribution in [0.1, 0.15) is 17.4 Å². The molecule has 0 saturated carbocycles. The Morgan fingerprint density at radius 3 is 2.70 bits per heavy atom. The van der Waals surface area contributed by atoms with Gasteiger partial charge in [-0.2, -0.15) is 0 Å². The average molecular weight is 388 g/mol. The molecule has 0 radical (unpaired) electrons. The second-order valence-electron chi connectivity index (χ2n) is 5.43. The molecule has 0 amide bonds. The van der Waals surface area contributed by atoms with Crippen LogP contribution in [0, 0.1) is 0 Å². The summed E-state index contributed by atoms with van der Waals surface area (Å²) in [6.45, 7) is 2.19. The van der Waals surface area contributed by atoms with Crippen molar-refractivity contribution in [3.63, 3.8) is 0 Å². The maximum absolute atomic E-state index is 11.9. The maximum atomic E-state index is 11.9. The summed E-state index contributed by atoms with van der Waals surface area (Å²) in [5.74, 6) is 0.827. The van der Waals surface area contributed by atoms with E-state index in [2.05, 4.69) is 9.97 Å². The number of hydrogen-bond acceptors (Lipinski definition) is 9. The largest absolute Gasteiger partial charge is 0.497 e. The summed E-state index contributed by atoms with van der Waals surface area (Å²) in [5, 5.41) is 3.88. The molecule has 0 fully saturated rings. The third-order valence-corrected chi connectivity index (χ3v) is 4.79. The number of benzene rings is 1. The number of carbonyl (C=O) groups excluding carboxylic acids is 1. The molecule has 0 saturated heterocycles. The highest BCUT2D eigenvalue weighted by molar-refractivity contribution is 7.14. The number of ether oxygens (including phenoxy) is 3. The standard InChI is InChI=1S/C18H20N4O4S/c1-4-26-17(23)14-9-27-18(21-14)22(10-19)15-8-20-7-13-12(15)5-11(24-2)6-16(13)25-3/h5-9H,4,10,19H2,1-3H3. The number of nitrogens with two attached hydrogens (primary N) is 1. The lowest BCUT2D eigenvalue weighted by Gasteiger charge is -2.22. The number of fused-ring (bicyclic) bond motifs is 1. The first-order chi connectivity index (χ1) is 13.1. The van der Waals surface area contributed by atoms with Gasteiger partial charge in [0.2, 0.25) is 0 Å². The number of pyridine rings is 1. The summed E-state index contributed by atoms with van der Waals surface area (Å²) in [6.07, 6.45) is 3.41. The van der Waals surface area contributed by atoms with E-state index in [0.29, 0.717) is 23.2 Å². The number of carbonyl (C=O) groups is 1. The third-order valence-electron chi connectivity index (χ3n) is 3.93. The molecule has 0 aliphatic rings. The fourth-order valence-corrected chi connectivity index (χ4v) is 3.48. The van der Waals surface area contributed by atoms with E-state index < -0.39 is 5.97 Å². The van der Waals surface area contributed by atoms with Crippen molar-refractivity contribution in [2.24, 2.45) is 5.73 Å². The van der Waals surface area contributed by atoms with Gasteiger partial charge >= 0.3 is 5.97 Å². The van der Waals surface area contributed by atoms with E-state index >= 15 is 0 Å². The quantitative estimate of drug-likeness (QED) is 0.487. The summed E-state index contributed by atoms with van der Waals surface area (Å²) in [7, 11) is 3.18. The summed E-state index contributed by atoms with van der Waals surface area (Å²) in [6, 6.07) is 3.68. The van der Waals surface area contributed by atoms with Crippen LogP contribution >= 0.6 is 11.3 Å². The minimum absolute atomic E-state index is 0.149. The normalized spacial score (nSPS) is 10.7. The molecule has 0 aliphatic heterocycles. The molecule has 142 valence electrons. The SMILES string of the molecule is CCOC(=O)c1csc(N(CN)c2cncc3c(OC)cc(OC)cc23)n1. The lowest BCUT2D eigenvalue weighted by molar-refractivity contribution is 0.0520. The van der Waals surface area contributed by atoms with E-state index in [1.165, 1.54) is 11.3 Å². The molecule has 0 bridgehead atoms. The van der Waals surface area contributed by atoms with Crippen molar-refractivity contribution < 1.29 is 19.0 Å². The molecule has 27 heavy (non-hydrogen) atoms. The number of esters is 1. The predicted octanol–water partition coefficient (Wildman–Crippen LogP) is 2.94. The van der Waals surface area contributed by atoms with Crippen molar-refractivity contribution in [2.45, 2.75) is 6.92 Å². The minimum atomic E-state index is -0.462. The Hall–Kier alpha value is -2.91. The van der Waals surface area contributed by atoms with Crippen molar-refractivity contribution >= 4 is 38.9 Å². The highest BCUT2D eigenvalue weighted by atomic mass is 32.1. The number of methoxy groups -OCH3 is 2. The summed E-state index contributed by atoms with van der Waals surface area (Å²) in [5.41, 5.74) is 6.98. The van der Waals surface area contributed by atoms with Crippen molar-refractivity contribution in [1.82, 2.24) is 9.97 Å². The Labute approximate surface area is 160 Å². The molecule has 2 aromatic heterocycles. The van der Waals surface area contributed by atoms with E-state index in [0.717, 1.165) is 16.5 Å². The fourth-order valence-electron chi connectivity index (χ4n) is 2.67. The second-order valence-corrected chi connectivity index (χ2v) is 6.27. The Kier molecular flexibility index (Phi) is 5.72. The Morgan fingerprint density at radius 1 is 1.22 bits per heavy atom. The van der Waals surface area contributed by atoms with Crippen molar-refractivity contribution in [1.29, 1.82) is 0 Å². The van der Waals surface area contributed by atoms with Crippen LogP contribution in [-0.2, 0) is 4.74 Å². The first-order valence-electron chi connectivity index (χ1n) is 8.22. The van der Waals surface area contributed by atoms with Gasteiger partial charge in [0.15, 0.2) is 10.8 Å². The number of aromatic nitrogens is 2. The molecule has 2 N–H and O–H groups in total. The van der Waals surface area contributed by atoms with Gasteiger partial charge in [0.1, 0.15) is 11.5 Å². The molecule has 0 atom stereocenters. The number of thiazole rings is 1. The number of anilines is 2. The summed E-state index contributed by atoms with van der Waals surface area (Å²) < 4.78 is 15.8. The van der Waals surface area contributed by atoms with E-state index in [4.69, 9.17) is 19.9 Å². The van der Waals surface area contributed by atoms with Crippen molar-refractivity contribution in [3.8, 4) is 11.5 Å². The number of rotatable bonds is 7. The molecule has 1 aromatic carbocycles. The Bertz CT molecular complexity index is 960. The smallest absolute Gasteiger partial charge is 0.357 e. The van der Waals surface area contributed by atoms with Gasteiger partial charge in [-0.15, -0.1) is 11.3 Å². The van der Waals surface area contributed by atoms with Crippen molar-refractivity contribution in [3.05, 3.63) is 35.6 Å². The highest BCUT2D eigenvalue weighted by Crippen LogP contribution is 2.38. The van der Waals surface area contributed by atoms with Crippen LogP contribution in [-0.4, -0.2) is 43.4 Å². The van der Waals surface area contributed by atoms with Crippen LogP contribution in [0.15, 0.2) is 29.9 Å². The van der Waals surface area contributed by atoms with Gasteiger partial charge in [-0.05, 0) is 13.0 Å². The van der Waals surface area contributed by atoms with E-state index in [9.17, 15) is 4.79 Å². The molecule has 3 rings (SSSR count). The molecule has 2 heterocycles. The van der Waals surface area contributed by atoms with Crippen LogP contribution in [0.25, 0.3) is 10.8 Å². The van der Waals surface area contributed by atoms with Gasteiger partial charge in [-0.3, -0.25) is 4.98 Å². The zero-order valence-corrected chi connectivity index (χ0v) is 16.1. The van der Waals surface area contributed by atoms with Gasteiger partial charge in [0.05, 0.1) is 39.4 Å². The number of nitrogens with zero attached hydrogens (tertiary/aromatic N) is 3. The number of hydrogen-bond donors (Lipinski definition) is 1. The second kappa shape index (κ2) is 8.19. The van der Waals surface area contributed by atoms with Crippen LogP contribution in [0.2, 0.25) is 0 Å². The maximum Gasteiger partial charge on any atom is 0.357 e. The van der Waals surface area contributed by atoms with Crippen LogP contribution < -0.4 is 20.1 Å². The van der Waals surface area contributed by atoms with Gasteiger partial charge < -0.3 is 24.8 Å². The Morgan fingerprint density at radius 2 is 2.04 bits per heavy atom. The molecule has 9 heteroatoms. The average Bonchev–Trinajstić information content (AvgIpc) is 3.18. The molecule has 0 spiro atoms. The molecular formula is C18H20N4O4S. The lowest BCUT2D eigenvalue weighted by Crippen LogP contribution is -2.25. The molecule has 0 unspecified atom stereocenters. The minimum Gasteiger partial charge on any atom is -0.497 e. The highest BCUT2D eigenvalue weighted by Gasteiger charge is 2.20. The van der Waals surface area contributed by atoms with E-state index in [-0.39, 0.29) is 12.4 Å². The van der Waals surface area contributed by atoms with E-state index in [1.54, 1.807) is 49.9 Å². The van der Waals surface area contributed by atoms with Gasteiger partial charge in [-0.25, -0.2) is 9.78 Å². The fraction of sp³-hybridized carbons (Fsp3) is 0.278. The topological polar surface area (TPSA) is 99.8 Å². The lowest BCUT2D eigenvalue weighted by atomic mass is 10.1. The first kappa shape index (κ1) is 18.9. The van der Waals surface area contributed by atoms with Crippen LogP contribution in [0.3, 0.4) is 0 Å². The van der Waals surface area contributed by atoms with Gasteiger partial charge in [-0.1, -0.05) is 0 Å². The zero-order chi connectivity index (χ0) is 19.4. The first-order valence-corrected chi connectivity index (χ1v) is 9.10. The predicted molar refractivity (Wildman–Crippen MR) is 104 cm³/mol. The zero-order valence-electron chi connectivity index (χ0n) is 15.3. The molecule has 3 aromatic rings.